The summed E-state index contributed by atoms with van der Waals surface area (Å²) in [5.74, 6) is -0.364. The molecule has 0 unspecified atom stereocenters. The molecule has 5 nitrogen and oxygen atoms in total. The lowest BCUT2D eigenvalue weighted by molar-refractivity contribution is -0.125. The van der Waals surface area contributed by atoms with Gasteiger partial charge in [-0.05, 0) is 31.2 Å². The minimum Gasteiger partial charge on any atom is -0.387 e. The highest BCUT2D eigenvalue weighted by molar-refractivity contribution is 5.76. The average molecular weight is 297 g/mol. The second kappa shape index (κ2) is 4.68. The zero-order chi connectivity index (χ0) is 15.3. The molecule has 5 heteroatoms. The van der Waals surface area contributed by atoms with Crippen molar-refractivity contribution in [2.24, 2.45) is 11.7 Å². The summed E-state index contributed by atoms with van der Waals surface area (Å²) in [7, 11) is 0. The molecule has 2 aliphatic rings. The molecule has 1 aromatic carbocycles. The van der Waals surface area contributed by atoms with Gasteiger partial charge in [0.25, 0.3) is 0 Å². The Bertz CT molecular complexity index is 729. The number of benzene rings is 1. The largest absolute Gasteiger partial charge is 0.387 e. The van der Waals surface area contributed by atoms with E-state index in [2.05, 4.69) is 21.7 Å². The van der Waals surface area contributed by atoms with Gasteiger partial charge in [-0.25, -0.2) is 4.98 Å². The molecule has 1 aliphatic heterocycles. The standard InChI is InChI=1S/C17H19N3O2/c18-16(21)11-5-7-17(22,8-6-11)15-13-4-2-1-3-12(13)14-9-19-10-20(14)15/h1-4,9-11,15,22H,5-8H2,(H2,18,21)/t11-,15-,17-/m0/s1. The Morgan fingerprint density at radius 2 is 2.05 bits per heavy atom. The zero-order valence-corrected chi connectivity index (χ0v) is 12.3. The molecule has 114 valence electrons. The number of carbonyl (C=O) groups is 1. The predicted molar refractivity (Wildman–Crippen MR) is 81.9 cm³/mol. The molecule has 2 heterocycles. The summed E-state index contributed by atoms with van der Waals surface area (Å²) in [5, 5.41) is 11.3. The molecule has 4 rings (SSSR count). The minimum atomic E-state index is -0.853. The summed E-state index contributed by atoms with van der Waals surface area (Å²) >= 11 is 0. The lowest BCUT2D eigenvalue weighted by Crippen LogP contribution is -2.44. The SMILES string of the molecule is NC(=O)[C@H]1CC[C@@](O)([C@@H]2c3ccccc3-c3cncn32)CC1. The molecule has 0 radical (unpaired) electrons. The molecule has 3 N–H and O–H groups in total. The van der Waals surface area contributed by atoms with Crippen LogP contribution in [0.4, 0.5) is 0 Å². The summed E-state index contributed by atoms with van der Waals surface area (Å²) in [4.78, 5) is 15.6. The van der Waals surface area contributed by atoms with E-state index in [9.17, 15) is 9.90 Å². The van der Waals surface area contributed by atoms with Crippen molar-refractivity contribution in [1.82, 2.24) is 9.55 Å². The number of imidazole rings is 1. The first-order chi connectivity index (χ1) is 10.6. The van der Waals surface area contributed by atoms with Crippen molar-refractivity contribution in [1.29, 1.82) is 0 Å². The molecular weight excluding hydrogens is 278 g/mol. The van der Waals surface area contributed by atoms with E-state index in [-0.39, 0.29) is 17.9 Å². The highest BCUT2D eigenvalue weighted by Gasteiger charge is 2.46. The summed E-state index contributed by atoms with van der Waals surface area (Å²) in [6.07, 6.45) is 6.09. The number of aliphatic hydroxyl groups is 1. The number of fused-ring (bicyclic) bond motifs is 3. The Kier molecular flexibility index (Phi) is 2.87. The van der Waals surface area contributed by atoms with Crippen molar-refractivity contribution in [3.05, 3.63) is 42.4 Å². The molecule has 1 saturated carbocycles. The van der Waals surface area contributed by atoms with Gasteiger partial charge >= 0.3 is 0 Å². The molecule has 1 aliphatic carbocycles. The van der Waals surface area contributed by atoms with Crippen LogP contribution in [0.1, 0.15) is 37.3 Å². The average Bonchev–Trinajstić information content (AvgIpc) is 3.07. The molecule has 0 spiro atoms. The van der Waals surface area contributed by atoms with Gasteiger partial charge in [0.1, 0.15) is 0 Å². The van der Waals surface area contributed by atoms with Gasteiger partial charge in [0, 0.05) is 11.5 Å². The van der Waals surface area contributed by atoms with E-state index < -0.39 is 5.60 Å². The quantitative estimate of drug-likeness (QED) is 0.887. The van der Waals surface area contributed by atoms with Crippen LogP contribution >= 0.6 is 0 Å². The van der Waals surface area contributed by atoms with Gasteiger partial charge in [-0.1, -0.05) is 24.3 Å². The third-order valence-electron chi connectivity index (χ3n) is 5.24. The topological polar surface area (TPSA) is 81.1 Å². The van der Waals surface area contributed by atoms with Crippen molar-refractivity contribution in [2.75, 3.05) is 0 Å². The van der Waals surface area contributed by atoms with Crippen LogP contribution in [0.3, 0.4) is 0 Å². The Labute approximate surface area is 128 Å². The van der Waals surface area contributed by atoms with Gasteiger partial charge < -0.3 is 15.4 Å². The van der Waals surface area contributed by atoms with Gasteiger partial charge in [0.2, 0.25) is 5.91 Å². The number of aromatic nitrogens is 2. The Morgan fingerprint density at radius 1 is 1.32 bits per heavy atom. The monoisotopic (exact) mass is 297 g/mol. The van der Waals surface area contributed by atoms with Crippen LogP contribution in [0.5, 0.6) is 0 Å². The normalized spacial score (nSPS) is 29.9. The molecule has 1 aromatic heterocycles. The number of nitrogens with two attached hydrogens (primary N) is 1. The third-order valence-corrected chi connectivity index (χ3v) is 5.24. The van der Waals surface area contributed by atoms with E-state index in [1.807, 2.05) is 18.3 Å². The van der Waals surface area contributed by atoms with Gasteiger partial charge in [0.05, 0.1) is 29.9 Å². The predicted octanol–water partition coefficient (Wildman–Crippen LogP) is 1.86. The molecule has 1 fully saturated rings. The fourth-order valence-electron chi connectivity index (χ4n) is 4.06. The highest BCUT2D eigenvalue weighted by Crippen LogP contribution is 2.49. The van der Waals surface area contributed by atoms with Gasteiger partial charge in [-0.15, -0.1) is 0 Å². The molecule has 0 saturated heterocycles. The van der Waals surface area contributed by atoms with E-state index in [0.29, 0.717) is 25.7 Å². The van der Waals surface area contributed by atoms with E-state index in [1.165, 1.54) is 0 Å². The Morgan fingerprint density at radius 3 is 2.77 bits per heavy atom. The molecule has 1 amide bonds. The Balaban J connectivity index is 1.73. The number of hydrogen-bond donors (Lipinski definition) is 2. The zero-order valence-electron chi connectivity index (χ0n) is 12.3. The van der Waals surface area contributed by atoms with Crippen LogP contribution in [0.25, 0.3) is 11.3 Å². The Hall–Kier alpha value is -2.14. The highest BCUT2D eigenvalue weighted by atomic mass is 16.3. The number of rotatable bonds is 2. The van der Waals surface area contributed by atoms with E-state index in [0.717, 1.165) is 16.8 Å². The lowest BCUT2D eigenvalue weighted by Gasteiger charge is -2.40. The number of primary amides is 1. The summed E-state index contributed by atoms with van der Waals surface area (Å²) in [6.45, 7) is 0. The molecule has 0 bridgehead atoms. The maximum absolute atomic E-state index is 11.4. The van der Waals surface area contributed by atoms with Gasteiger partial charge in [0.15, 0.2) is 0 Å². The second-order valence-corrected chi connectivity index (χ2v) is 6.46. The fourth-order valence-corrected chi connectivity index (χ4v) is 4.06. The van der Waals surface area contributed by atoms with Crippen molar-refractivity contribution in [3.63, 3.8) is 0 Å². The molecule has 22 heavy (non-hydrogen) atoms. The number of hydrogen-bond acceptors (Lipinski definition) is 3. The van der Waals surface area contributed by atoms with Crippen molar-refractivity contribution >= 4 is 5.91 Å². The van der Waals surface area contributed by atoms with Crippen molar-refractivity contribution in [3.8, 4) is 11.3 Å². The van der Waals surface area contributed by atoms with E-state index >= 15 is 0 Å². The first kappa shape index (κ1) is 13.5. The number of carbonyl (C=O) groups excluding carboxylic acids is 1. The minimum absolute atomic E-state index is 0.112. The van der Waals surface area contributed by atoms with Gasteiger partial charge in [-0.3, -0.25) is 4.79 Å². The maximum Gasteiger partial charge on any atom is 0.220 e. The molecule has 1 atom stereocenters. The van der Waals surface area contributed by atoms with Crippen LogP contribution in [0.15, 0.2) is 36.8 Å². The van der Waals surface area contributed by atoms with E-state index in [1.54, 1.807) is 6.33 Å². The summed E-state index contributed by atoms with van der Waals surface area (Å²) in [5.41, 5.74) is 7.88. The van der Waals surface area contributed by atoms with Crippen LogP contribution in [-0.2, 0) is 4.79 Å². The first-order valence-electron chi connectivity index (χ1n) is 7.73. The first-order valence-corrected chi connectivity index (χ1v) is 7.73. The summed E-state index contributed by atoms with van der Waals surface area (Å²) in [6, 6.07) is 8.03. The van der Waals surface area contributed by atoms with E-state index in [4.69, 9.17) is 5.73 Å². The van der Waals surface area contributed by atoms with Crippen molar-refractivity contribution in [2.45, 2.75) is 37.3 Å². The van der Waals surface area contributed by atoms with Gasteiger partial charge in [-0.2, -0.15) is 0 Å². The lowest BCUT2D eigenvalue weighted by atomic mass is 9.73. The van der Waals surface area contributed by atoms with Crippen LogP contribution in [-0.4, -0.2) is 26.2 Å². The van der Waals surface area contributed by atoms with Crippen LogP contribution in [0, 0.1) is 5.92 Å². The number of nitrogens with zero attached hydrogens (tertiary/aromatic N) is 2. The molecule has 2 aromatic rings. The van der Waals surface area contributed by atoms with Crippen molar-refractivity contribution < 1.29 is 9.90 Å². The third kappa shape index (κ3) is 1.82. The number of amides is 1. The van der Waals surface area contributed by atoms with Crippen LogP contribution < -0.4 is 5.73 Å². The smallest absolute Gasteiger partial charge is 0.220 e. The molecular formula is C17H19N3O2. The fraction of sp³-hybridized carbons (Fsp3) is 0.412. The second-order valence-electron chi connectivity index (χ2n) is 6.46. The summed E-state index contributed by atoms with van der Waals surface area (Å²) < 4.78 is 2.06. The maximum atomic E-state index is 11.4. The van der Waals surface area contributed by atoms with Crippen LogP contribution in [0.2, 0.25) is 0 Å².